The Kier molecular flexibility index (Phi) is 6.54. The van der Waals surface area contributed by atoms with Gasteiger partial charge in [0.2, 0.25) is 0 Å². The second-order valence-corrected chi connectivity index (χ2v) is 9.24. The Morgan fingerprint density at radius 2 is 1.92 bits per heavy atom. The van der Waals surface area contributed by atoms with Gasteiger partial charge >= 0.3 is 0 Å². The van der Waals surface area contributed by atoms with Crippen LogP contribution in [-0.2, 0) is 13.2 Å². The van der Waals surface area contributed by atoms with E-state index in [2.05, 4.69) is 39.8 Å². The van der Waals surface area contributed by atoms with Gasteiger partial charge in [-0.1, -0.05) is 38.1 Å². The maximum Gasteiger partial charge on any atom is 0.255 e. The number of amides is 1. The van der Waals surface area contributed by atoms with Gasteiger partial charge in [0, 0.05) is 48.5 Å². The SMILES string of the molecule is Cc1ccc2nc(COc3cccc(C(=O)Nc4cccc(Cn5ccnc5C(C)C)c4)c3)cn2c1. The molecule has 5 aromatic rings. The van der Waals surface area contributed by atoms with E-state index in [-0.39, 0.29) is 5.91 Å². The number of carbonyl (C=O) groups is 1. The standard InChI is InChI=1S/C29H29N5O2/c1-20(2)28-30-12-13-33(28)17-22-6-4-8-24(14-22)32-29(35)23-7-5-9-26(15-23)36-19-25-18-34-16-21(3)10-11-27(34)31-25/h4-16,18,20H,17,19H2,1-3H3,(H,32,35). The number of aromatic nitrogens is 4. The maximum absolute atomic E-state index is 13.0. The number of anilines is 1. The molecule has 36 heavy (non-hydrogen) atoms. The second-order valence-electron chi connectivity index (χ2n) is 9.24. The van der Waals surface area contributed by atoms with Gasteiger partial charge < -0.3 is 19.0 Å². The number of carbonyl (C=O) groups excluding carboxylic acids is 1. The van der Waals surface area contributed by atoms with Crippen LogP contribution in [0.1, 0.15) is 52.8 Å². The zero-order valence-electron chi connectivity index (χ0n) is 20.7. The van der Waals surface area contributed by atoms with Crippen LogP contribution in [0.5, 0.6) is 5.75 Å². The highest BCUT2D eigenvalue weighted by molar-refractivity contribution is 6.04. The van der Waals surface area contributed by atoms with Crippen LogP contribution < -0.4 is 10.1 Å². The molecule has 2 aromatic carbocycles. The van der Waals surface area contributed by atoms with Gasteiger partial charge in [0.05, 0.1) is 5.69 Å². The fraction of sp³-hybridized carbons (Fsp3) is 0.207. The van der Waals surface area contributed by atoms with Crippen LogP contribution in [0.15, 0.2) is 85.5 Å². The van der Waals surface area contributed by atoms with E-state index in [1.807, 2.05) is 78.6 Å². The third-order valence-corrected chi connectivity index (χ3v) is 5.93. The summed E-state index contributed by atoms with van der Waals surface area (Å²) in [5.74, 6) is 1.81. The summed E-state index contributed by atoms with van der Waals surface area (Å²) in [6, 6.07) is 19.1. The van der Waals surface area contributed by atoms with Crippen molar-refractivity contribution in [3.63, 3.8) is 0 Å². The monoisotopic (exact) mass is 479 g/mol. The number of nitrogens with one attached hydrogen (secondary N) is 1. The van der Waals surface area contributed by atoms with Gasteiger partial charge in [0.15, 0.2) is 0 Å². The van der Waals surface area contributed by atoms with Crippen molar-refractivity contribution < 1.29 is 9.53 Å². The van der Waals surface area contributed by atoms with Crippen molar-refractivity contribution in [2.24, 2.45) is 0 Å². The zero-order chi connectivity index (χ0) is 25.1. The van der Waals surface area contributed by atoms with E-state index in [1.54, 1.807) is 12.1 Å². The molecule has 0 atom stereocenters. The predicted molar refractivity (Wildman–Crippen MR) is 141 cm³/mol. The van der Waals surface area contributed by atoms with Crippen molar-refractivity contribution in [1.82, 2.24) is 18.9 Å². The lowest BCUT2D eigenvalue weighted by atomic mass is 10.1. The number of nitrogens with zero attached hydrogens (tertiary/aromatic N) is 4. The van der Waals surface area contributed by atoms with E-state index in [1.165, 1.54) is 5.56 Å². The van der Waals surface area contributed by atoms with E-state index >= 15 is 0 Å². The first-order valence-corrected chi connectivity index (χ1v) is 12.0. The van der Waals surface area contributed by atoms with Crippen LogP contribution in [0.4, 0.5) is 5.69 Å². The highest BCUT2D eigenvalue weighted by Crippen LogP contribution is 2.19. The van der Waals surface area contributed by atoms with Gasteiger partial charge in [0.1, 0.15) is 23.8 Å². The van der Waals surface area contributed by atoms with Crippen molar-refractivity contribution in [2.45, 2.75) is 39.8 Å². The molecule has 0 saturated carbocycles. The average molecular weight is 480 g/mol. The van der Waals surface area contributed by atoms with Crippen LogP contribution in [0.25, 0.3) is 5.65 Å². The number of hydrogen-bond donors (Lipinski definition) is 1. The Morgan fingerprint density at radius 1 is 1.06 bits per heavy atom. The topological polar surface area (TPSA) is 73.4 Å². The quantitative estimate of drug-likeness (QED) is 0.303. The molecule has 3 aromatic heterocycles. The van der Waals surface area contributed by atoms with Crippen LogP contribution in [0.3, 0.4) is 0 Å². The Labute approximate surface area is 210 Å². The predicted octanol–water partition coefficient (Wildman–Crippen LogP) is 5.84. The molecule has 182 valence electrons. The third-order valence-electron chi connectivity index (χ3n) is 5.93. The Bertz CT molecular complexity index is 1520. The minimum absolute atomic E-state index is 0.189. The van der Waals surface area contributed by atoms with Crippen LogP contribution >= 0.6 is 0 Å². The molecule has 1 N–H and O–H groups in total. The molecule has 7 nitrogen and oxygen atoms in total. The molecule has 1 amide bonds. The summed E-state index contributed by atoms with van der Waals surface area (Å²) in [5, 5.41) is 3.00. The molecule has 3 heterocycles. The van der Waals surface area contributed by atoms with E-state index in [0.29, 0.717) is 30.4 Å². The lowest BCUT2D eigenvalue weighted by Gasteiger charge is -2.12. The number of benzene rings is 2. The molecular formula is C29H29N5O2. The summed E-state index contributed by atoms with van der Waals surface area (Å²) in [7, 11) is 0. The van der Waals surface area contributed by atoms with Crippen LogP contribution in [-0.4, -0.2) is 24.8 Å². The van der Waals surface area contributed by atoms with Gasteiger partial charge in [-0.25, -0.2) is 9.97 Å². The Hall–Kier alpha value is -4.39. The van der Waals surface area contributed by atoms with E-state index in [4.69, 9.17) is 4.74 Å². The largest absolute Gasteiger partial charge is 0.487 e. The molecule has 0 aliphatic rings. The zero-order valence-corrected chi connectivity index (χ0v) is 20.7. The lowest BCUT2D eigenvalue weighted by molar-refractivity contribution is 0.102. The number of imidazole rings is 2. The third kappa shape index (κ3) is 5.30. The fourth-order valence-corrected chi connectivity index (χ4v) is 4.21. The van der Waals surface area contributed by atoms with Crippen LogP contribution in [0.2, 0.25) is 0 Å². The molecule has 0 fully saturated rings. The minimum Gasteiger partial charge on any atom is -0.487 e. The molecule has 0 spiro atoms. The van der Waals surface area contributed by atoms with Gasteiger partial charge in [-0.05, 0) is 54.4 Å². The van der Waals surface area contributed by atoms with Gasteiger partial charge in [-0.3, -0.25) is 4.79 Å². The number of pyridine rings is 1. The molecule has 0 radical (unpaired) electrons. The number of hydrogen-bond acceptors (Lipinski definition) is 4. The molecule has 5 rings (SSSR count). The Balaban J connectivity index is 1.24. The average Bonchev–Trinajstić information content (AvgIpc) is 3.49. The van der Waals surface area contributed by atoms with Crippen molar-refractivity contribution >= 4 is 17.2 Å². The molecule has 0 aliphatic carbocycles. The summed E-state index contributed by atoms with van der Waals surface area (Å²) >= 11 is 0. The van der Waals surface area contributed by atoms with Gasteiger partial charge in [0.25, 0.3) is 5.91 Å². The smallest absolute Gasteiger partial charge is 0.255 e. The highest BCUT2D eigenvalue weighted by atomic mass is 16.5. The molecule has 0 aliphatic heterocycles. The Morgan fingerprint density at radius 3 is 2.78 bits per heavy atom. The lowest BCUT2D eigenvalue weighted by Crippen LogP contribution is -2.12. The van der Waals surface area contributed by atoms with Gasteiger partial charge in [-0.2, -0.15) is 0 Å². The molecular weight excluding hydrogens is 450 g/mol. The van der Waals surface area contributed by atoms with Gasteiger partial charge in [-0.15, -0.1) is 0 Å². The number of ether oxygens (including phenoxy) is 1. The summed E-state index contributed by atoms with van der Waals surface area (Å²) in [4.78, 5) is 22.0. The van der Waals surface area contributed by atoms with Crippen molar-refractivity contribution in [2.75, 3.05) is 5.32 Å². The van der Waals surface area contributed by atoms with Crippen LogP contribution in [0, 0.1) is 6.92 Å². The summed E-state index contributed by atoms with van der Waals surface area (Å²) in [6.07, 6.45) is 7.80. The first-order valence-electron chi connectivity index (χ1n) is 12.0. The highest BCUT2D eigenvalue weighted by Gasteiger charge is 2.11. The number of rotatable bonds is 8. The van der Waals surface area contributed by atoms with Crippen molar-refractivity contribution in [3.8, 4) is 5.75 Å². The minimum atomic E-state index is -0.189. The van der Waals surface area contributed by atoms with Crippen molar-refractivity contribution in [1.29, 1.82) is 0 Å². The summed E-state index contributed by atoms with van der Waals surface area (Å²) in [5.41, 5.74) is 5.23. The number of aryl methyl sites for hydroxylation is 1. The maximum atomic E-state index is 13.0. The summed E-state index contributed by atoms with van der Waals surface area (Å²) < 4.78 is 10.1. The molecule has 7 heteroatoms. The van der Waals surface area contributed by atoms with E-state index < -0.39 is 0 Å². The van der Waals surface area contributed by atoms with E-state index in [0.717, 1.165) is 28.4 Å². The molecule has 0 unspecified atom stereocenters. The molecule has 0 saturated heterocycles. The first-order chi connectivity index (χ1) is 17.4. The molecule has 0 bridgehead atoms. The van der Waals surface area contributed by atoms with Crippen molar-refractivity contribution in [3.05, 3.63) is 114 Å². The number of fused-ring (bicyclic) bond motifs is 1. The van der Waals surface area contributed by atoms with E-state index in [9.17, 15) is 4.79 Å². The fourth-order valence-electron chi connectivity index (χ4n) is 4.21. The first kappa shape index (κ1) is 23.4. The normalized spacial score (nSPS) is 11.2. The summed E-state index contributed by atoms with van der Waals surface area (Å²) in [6.45, 7) is 7.32. The second kappa shape index (κ2) is 10.1.